The molecule has 0 unspecified atom stereocenters. The number of pyridine rings is 1. The van der Waals surface area contributed by atoms with Crippen LogP contribution in [0.25, 0.3) is 0 Å². The van der Waals surface area contributed by atoms with E-state index >= 15 is 0 Å². The zero-order chi connectivity index (χ0) is 9.35. The minimum absolute atomic E-state index is 0. The quantitative estimate of drug-likeness (QED) is 0.375. The number of nitrogens with zero attached hydrogens (tertiary/aromatic N) is 1. The number of hydrogen-bond acceptors (Lipinski definition) is 1. The first kappa shape index (κ1) is 13.6. The van der Waals surface area contributed by atoms with Gasteiger partial charge in [-0.25, -0.2) is 4.39 Å². The Labute approximate surface area is 105 Å². The molecule has 1 rings (SSSR count). The minimum Gasteiger partial charge on any atom is -0.386 e. The summed E-state index contributed by atoms with van der Waals surface area (Å²) in [5.74, 6) is -0.277. The fourth-order valence-electron chi connectivity index (χ4n) is 0.897. The SMILES string of the molecule is C[Si](C)(C)c1ncc(I)[c-]c1F.[Li+]. The van der Waals surface area contributed by atoms with Crippen LogP contribution in [-0.2, 0) is 0 Å². The average Bonchev–Trinajstić information content (AvgIpc) is 1.83. The van der Waals surface area contributed by atoms with E-state index in [0.717, 1.165) is 3.57 Å². The van der Waals surface area contributed by atoms with Crippen LogP contribution < -0.4 is 24.2 Å². The Morgan fingerprint density at radius 3 is 2.38 bits per heavy atom. The summed E-state index contributed by atoms with van der Waals surface area (Å²) in [5, 5.41) is 0.614. The summed E-state index contributed by atoms with van der Waals surface area (Å²) in [4.78, 5) is 4.10. The first-order valence-electron chi connectivity index (χ1n) is 3.65. The number of aromatic nitrogens is 1. The van der Waals surface area contributed by atoms with Gasteiger partial charge in [0.2, 0.25) is 0 Å². The third kappa shape index (κ3) is 3.70. The van der Waals surface area contributed by atoms with Crippen molar-refractivity contribution in [2.24, 2.45) is 0 Å². The van der Waals surface area contributed by atoms with Crippen LogP contribution in [0.2, 0.25) is 19.6 Å². The Bertz CT molecular complexity index is 301. The predicted octanol–water partition coefficient (Wildman–Crippen LogP) is -0.825. The maximum atomic E-state index is 13.3. The van der Waals surface area contributed by atoms with Crippen LogP contribution in [-0.4, -0.2) is 13.1 Å². The topological polar surface area (TPSA) is 12.9 Å². The standard InChI is InChI=1S/C8H10FINSi.Li/c1-12(2,3)8-7(9)4-6(10)5-11-8;/h5H,1-3H3;/q-1;+1. The van der Waals surface area contributed by atoms with Crippen molar-refractivity contribution in [3.05, 3.63) is 21.7 Å². The summed E-state index contributed by atoms with van der Waals surface area (Å²) in [6, 6.07) is 2.64. The van der Waals surface area contributed by atoms with Gasteiger partial charge in [-0.05, 0) is 5.32 Å². The normalized spacial score (nSPS) is 10.8. The Morgan fingerprint density at radius 1 is 1.46 bits per heavy atom. The second-order valence-electron chi connectivity index (χ2n) is 3.64. The molecule has 0 spiro atoms. The molecular weight excluding hydrogens is 291 g/mol. The molecule has 0 amide bonds. The van der Waals surface area contributed by atoms with E-state index in [1.807, 2.05) is 22.6 Å². The van der Waals surface area contributed by atoms with Gasteiger partial charge in [-0.1, -0.05) is 52.0 Å². The van der Waals surface area contributed by atoms with Gasteiger partial charge in [0.1, 0.15) is 0 Å². The molecule has 0 atom stereocenters. The number of rotatable bonds is 1. The molecule has 0 bridgehead atoms. The van der Waals surface area contributed by atoms with Gasteiger partial charge in [0.15, 0.2) is 0 Å². The zero-order valence-electron chi connectivity index (χ0n) is 8.28. The molecule has 1 heterocycles. The molecule has 1 aromatic heterocycles. The first-order valence-corrected chi connectivity index (χ1v) is 8.23. The second kappa shape index (κ2) is 4.92. The van der Waals surface area contributed by atoms with Gasteiger partial charge in [0.05, 0.1) is 0 Å². The molecule has 0 N–H and O–H groups in total. The van der Waals surface area contributed by atoms with Gasteiger partial charge in [0.25, 0.3) is 0 Å². The molecule has 13 heavy (non-hydrogen) atoms. The van der Waals surface area contributed by atoms with E-state index in [1.54, 1.807) is 6.20 Å². The summed E-state index contributed by atoms with van der Waals surface area (Å²) in [6.07, 6.45) is 1.66. The van der Waals surface area contributed by atoms with Crippen molar-refractivity contribution < 1.29 is 23.3 Å². The molecular formula is C8H10FILiNSi. The van der Waals surface area contributed by atoms with E-state index in [0.29, 0.717) is 5.32 Å². The predicted molar refractivity (Wildman–Crippen MR) is 58.7 cm³/mol. The monoisotopic (exact) mass is 301 g/mol. The molecule has 1 nitrogen and oxygen atoms in total. The van der Waals surface area contributed by atoms with Crippen LogP contribution >= 0.6 is 22.6 Å². The van der Waals surface area contributed by atoms with E-state index in [-0.39, 0.29) is 24.7 Å². The minimum atomic E-state index is -1.62. The third-order valence-corrected chi connectivity index (χ3v) is 3.77. The third-order valence-electron chi connectivity index (χ3n) is 1.45. The van der Waals surface area contributed by atoms with Gasteiger partial charge in [-0.3, -0.25) is 0 Å². The van der Waals surface area contributed by atoms with Crippen LogP contribution in [0.3, 0.4) is 0 Å². The van der Waals surface area contributed by atoms with Crippen molar-refractivity contribution >= 4 is 36.0 Å². The summed E-state index contributed by atoms with van der Waals surface area (Å²) >= 11 is 2.01. The summed E-state index contributed by atoms with van der Waals surface area (Å²) in [7, 11) is -1.62. The largest absolute Gasteiger partial charge is 1.00 e. The van der Waals surface area contributed by atoms with Crippen molar-refractivity contribution in [3.8, 4) is 0 Å². The van der Waals surface area contributed by atoms with Gasteiger partial charge in [0, 0.05) is 13.9 Å². The maximum Gasteiger partial charge on any atom is 1.00 e. The zero-order valence-corrected chi connectivity index (χ0v) is 11.4. The fraction of sp³-hybridized carbons (Fsp3) is 0.375. The molecule has 5 heteroatoms. The van der Waals surface area contributed by atoms with Gasteiger partial charge in [-0.2, -0.15) is 0 Å². The van der Waals surface area contributed by atoms with E-state index < -0.39 is 8.07 Å². The Balaban J connectivity index is 0.00000144. The maximum absolute atomic E-state index is 13.3. The smallest absolute Gasteiger partial charge is 0.386 e. The molecule has 0 saturated heterocycles. The van der Waals surface area contributed by atoms with Gasteiger partial charge in [-0.15, -0.1) is 6.07 Å². The van der Waals surface area contributed by atoms with Crippen molar-refractivity contribution in [2.45, 2.75) is 19.6 Å². The van der Waals surface area contributed by atoms with Crippen LogP contribution in [0.1, 0.15) is 0 Å². The van der Waals surface area contributed by atoms with E-state index in [2.05, 4.69) is 30.7 Å². The van der Waals surface area contributed by atoms with Crippen LogP contribution in [0, 0.1) is 15.5 Å². The molecule has 1 aromatic rings. The van der Waals surface area contributed by atoms with Crippen LogP contribution in [0.5, 0.6) is 0 Å². The summed E-state index contributed by atoms with van der Waals surface area (Å²) in [5.41, 5.74) is 0. The van der Waals surface area contributed by atoms with Crippen molar-refractivity contribution in [2.75, 3.05) is 0 Å². The number of hydrogen-bond donors (Lipinski definition) is 0. The molecule has 0 aliphatic heterocycles. The Kier molecular flexibility index (Phi) is 5.15. The molecule has 0 aromatic carbocycles. The molecule has 0 radical (unpaired) electrons. The molecule has 0 saturated carbocycles. The number of halogens is 2. The molecule has 0 fully saturated rings. The Hall–Kier alpha value is 0.624. The van der Waals surface area contributed by atoms with E-state index in [4.69, 9.17) is 0 Å². The van der Waals surface area contributed by atoms with Crippen LogP contribution in [0.15, 0.2) is 6.20 Å². The summed E-state index contributed by atoms with van der Waals surface area (Å²) < 4.78 is 14.0. The van der Waals surface area contributed by atoms with Crippen LogP contribution in [0.4, 0.5) is 4.39 Å². The Morgan fingerprint density at radius 2 is 2.00 bits per heavy atom. The molecule has 0 aliphatic carbocycles. The van der Waals surface area contributed by atoms with Crippen molar-refractivity contribution in [3.63, 3.8) is 0 Å². The van der Waals surface area contributed by atoms with E-state index in [9.17, 15) is 4.39 Å². The second-order valence-corrected chi connectivity index (χ2v) is 9.78. The van der Waals surface area contributed by atoms with Crippen molar-refractivity contribution in [1.82, 2.24) is 4.98 Å². The molecule has 0 aliphatic rings. The van der Waals surface area contributed by atoms with Gasteiger partial charge < -0.3 is 4.98 Å². The average molecular weight is 301 g/mol. The first-order chi connectivity index (χ1) is 5.41. The molecule has 66 valence electrons. The van der Waals surface area contributed by atoms with Gasteiger partial charge >= 0.3 is 18.9 Å². The van der Waals surface area contributed by atoms with E-state index in [1.165, 1.54) is 0 Å². The van der Waals surface area contributed by atoms with Crippen molar-refractivity contribution in [1.29, 1.82) is 0 Å². The summed E-state index contributed by atoms with van der Waals surface area (Å²) in [6.45, 7) is 6.21. The fourth-order valence-corrected chi connectivity index (χ4v) is 2.45.